The Morgan fingerprint density at radius 1 is 0.969 bits per heavy atom. The van der Waals surface area contributed by atoms with Crippen molar-refractivity contribution in [1.29, 1.82) is 0 Å². The molecule has 0 saturated carbocycles. The number of hydrogen-bond donors (Lipinski definition) is 2. The fraction of sp³-hybridized carbons (Fsp3) is 0.0400. The number of fused-ring (bicyclic) bond motifs is 1. The second kappa shape index (κ2) is 8.19. The number of anilines is 1. The molecule has 5 nitrogen and oxygen atoms in total. The van der Waals surface area contributed by atoms with Gasteiger partial charge in [-0.15, -0.1) is 0 Å². The highest BCUT2D eigenvalue weighted by Crippen LogP contribution is 2.28. The number of amides is 1. The van der Waals surface area contributed by atoms with Crippen molar-refractivity contribution in [2.24, 2.45) is 0 Å². The summed E-state index contributed by atoms with van der Waals surface area (Å²) in [4.78, 5) is 20.6. The van der Waals surface area contributed by atoms with Crippen LogP contribution in [0.15, 0.2) is 77.2 Å². The largest absolute Gasteiger partial charge is 0.451 e. The molecule has 0 aliphatic rings. The number of imidazole rings is 1. The third-order valence-electron chi connectivity index (χ3n) is 5.11. The van der Waals surface area contributed by atoms with E-state index in [0.717, 1.165) is 27.7 Å². The van der Waals surface area contributed by atoms with Gasteiger partial charge >= 0.3 is 0 Å². The molecule has 1 amide bonds. The summed E-state index contributed by atoms with van der Waals surface area (Å²) < 4.78 is 5.73. The third kappa shape index (κ3) is 4.00. The van der Waals surface area contributed by atoms with Gasteiger partial charge in [0.25, 0.3) is 5.91 Å². The topological polar surface area (TPSA) is 70.9 Å². The molecule has 5 rings (SSSR count). The average molecular weight is 462 g/mol. The fourth-order valence-electron chi connectivity index (χ4n) is 3.44. The molecule has 0 bridgehead atoms. The Bertz CT molecular complexity index is 1410. The number of furan rings is 1. The van der Waals surface area contributed by atoms with E-state index in [-0.39, 0.29) is 11.7 Å². The second-order valence-corrected chi connectivity index (χ2v) is 8.25. The highest BCUT2D eigenvalue weighted by molar-refractivity contribution is 6.32. The Labute approximate surface area is 194 Å². The van der Waals surface area contributed by atoms with Gasteiger partial charge in [-0.2, -0.15) is 0 Å². The third-order valence-corrected chi connectivity index (χ3v) is 5.77. The summed E-state index contributed by atoms with van der Waals surface area (Å²) >= 11 is 12.1. The van der Waals surface area contributed by atoms with E-state index in [1.807, 2.05) is 55.5 Å². The zero-order valence-electron chi connectivity index (χ0n) is 16.9. The summed E-state index contributed by atoms with van der Waals surface area (Å²) in [7, 11) is 0. The summed E-state index contributed by atoms with van der Waals surface area (Å²) in [5, 5.41) is 4.19. The average Bonchev–Trinajstić information content (AvgIpc) is 3.42. The van der Waals surface area contributed by atoms with Crippen molar-refractivity contribution in [2.75, 3.05) is 5.32 Å². The van der Waals surface area contributed by atoms with E-state index in [1.165, 1.54) is 0 Å². The van der Waals surface area contributed by atoms with Gasteiger partial charge in [-0.1, -0.05) is 35.3 Å². The number of carbonyl (C=O) groups excluding carboxylic acids is 1. The smallest absolute Gasteiger partial charge is 0.291 e. The number of benzene rings is 3. The molecular formula is C25H17Cl2N3O2. The lowest BCUT2D eigenvalue weighted by molar-refractivity contribution is 0.0997. The van der Waals surface area contributed by atoms with Gasteiger partial charge in [-0.25, -0.2) is 4.98 Å². The summed E-state index contributed by atoms with van der Waals surface area (Å²) in [6.45, 7) is 1.95. The van der Waals surface area contributed by atoms with Crippen molar-refractivity contribution in [3.63, 3.8) is 0 Å². The number of carbonyl (C=O) groups is 1. The van der Waals surface area contributed by atoms with E-state index in [1.54, 1.807) is 24.3 Å². The monoisotopic (exact) mass is 461 g/mol. The Morgan fingerprint density at radius 2 is 1.78 bits per heavy atom. The van der Waals surface area contributed by atoms with Gasteiger partial charge in [-0.05, 0) is 73.2 Å². The summed E-state index contributed by atoms with van der Waals surface area (Å²) in [6, 6.07) is 21.9. The molecular weight excluding hydrogens is 445 g/mol. The van der Waals surface area contributed by atoms with Crippen LogP contribution in [0, 0.1) is 6.92 Å². The summed E-state index contributed by atoms with van der Waals surface area (Å²) in [5.74, 6) is 1.17. The second-order valence-electron chi connectivity index (χ2n) is 7.41. The fourth-order valence-corrected chi connectivity index (χ4v) is 3.73. The number of aryl methyl sites for hydroxylation is 1. The van der Waals surface area contributed by atoms with Crippen LogP contribution in [0.1, 0.15) is 16.1 Å². The number of aromatic amines is 1. The van der Waals surface area contributed by atoms with Crippen molar-refractivity contribution in [3.05, 3.63) is 94.2 Å². The first-order valence-electron chi connectivity index (χ1n) is 9.90. The molecule has 0 aliphatic carbocycles. The summed E-state index contributed by atoms with van der Waals surface area (Å²) in [6.07, 6.45) is 0. The van der Waals surface area contributed by atoms with Crippen molar-refractivity contribution in [1.82, 2.24) is 9.97 Å². The first-order chi connectivity index (χ1) is 15.5. The Balaban J connectivity index is 1.37. The van der Waals surface area contributed by atoms with Gasteiger partial charge in [-0.3, -0.25) is 4.79 Å². The molecule has 0 saturated heterocycles. The molecule has 0 aliphatic heterocycles. The van der Waals surface area contributed by atoms with Crippen molar-refractivity contribution in [2.45, 2.75) is 6.92 Å². The minimum absolute atomic E-state index is 0.217. The lowest BCUT2D eigenvalue weighted by Crippen LogP contribution is -2.10. The lowest BCUT2D eigenvalue weighted by Gasteiger charge is -2.05. The maximum Gasteiger partial charge on any atom is 0.291 e. The summed E-state index contributed by atoms with van der Waals surface area (Å²) in [5.41, 5.74) is 4.99. The van der Waals surface area contributed by atoms with Crippen LogP contribution in [0.3, 0.4) is 0 Å². The molecule has 7 heteroatoms. The zero-order valence-corrected chi connectivity index (χ0v) is 18.5. The van der Waals surface area contributed by atoms with E-state index >= 15 is 0 Å². The van der Waals surface area contributed by atoms with Crippen LogP contribution in [0.25, 0.3) is 33.7 Å². The molecule has 2 aromatic heterocycles. The van der Waals surface area contributed by atoms with Crippen LogP contribution in [0.5, 0.6) is 0 Å². The van der Waals surface area contributed by atoms with Gasteiger partial charge in [0, 0.05) is 26.9 Å². The van der Waals surface area contributed by atoms with Gasteiger partial charge < -0.3 is 14.7 Å². The highest BCUT2D eigenvalue weighted by Gasteiger charge is 2.14. The number of rotatable bonds is 4. The maximum absolute atomic E-state index is 12.7. The van der Waals surface area contributed by atoms with Crippen LogP contribution in [0.4, 0.5) is 5.69 Å². The predicted molar refractivity (Wildman–Crippen MR) is 128 cm³/mol. The standard InChI is InChI=1S/C25H17Cl2N3O2/c1-14-11-20-21(13-19(14)27)30-24(29-20)16-3-2-4-18(12-16)28-25(31)23-10-9-22(32-23)15-5-7-17(26)8-6-15/h2-13H,1H3,(H,28,31)(H,29,30). The maximum atomic E-state index is 12.7. The molecule has 2 N–H and O–H groups in total. The SMILES string of the molecule is Cc1cc2[nH]c(-c3cccc(NC(=O)c4ccc(-c5ccc(Cl)cc5)o4)c3)nc2cc1Cl. The minimum atomic E-state index is -0.339. The zero-order chi connectivity index (χ0) is 22.2. The van der Waals surface area contributed by atoms with Gasteiger partial charge in [0.2, 0.25) is 0 Å². The van der Waals surface area contributed by atoms with Crippen molar-refractivity contribution >= 4 is 45.8 Å². The predicted octanol–water partition coefficient (Wildman–Crippen LogP) is 7.36. The van der Waals surface area contributed by atoms with E-state index < -0.39 is 0 Å². The van der Waals surface area contributed by atoms with Crippen LogP contribution in [-0.2, 0) is 0 Å². The molecule has 2 heterocycles. The molecule has 158 valence electrons. The van der Waals surface area contributed by atoms with Gasteiger partial charge in [0.05, 0.1) is 11.0 Å². The van der Waals surface area contributed by atoms with Crippen LogP contribution >= 0.6 is 23.2 Å². The molecule has 0 atom stereocenters. The molecule has 0 spiro atoms. The molecule has 0 unspecified atom stereocenters. The van der Waals surface area contributed by atoms with E-state index in [9.17, 15) is 4.79 Å². The van der Waals surface area contributed by atoms with Crippen molar-refractivity contribution < 1.29 is 9.21 Å². The Morgan fingerprint density at radius 3 is 2.59 bits per heavy atom. The van der Waals surface area contributed by atoms with Crippen LogP contribution in [-0.4, -0.2) is 15.9 Å². The lowest BCUT2D eigenvalue weighted by atomic mass is 10.2. The Kier molecular flexibility index (Phi) is 5.21. The molecule has 0 fully saturated rings. The van der Waals surface area contributed by atoms with Gasteiger partial charge in [0.15, 0.2) is 5.76 Å². The first-order valence-corrected chi connectivity index (χ1v) is 10.7. The van der Waals surface area contributed by atoms with Gasteiger partial charge in [0.1, 0.15) is 11.6 Å². The van der Waals surface area contributed by atoms with Crippen LogP contribution < -0.4 is 5.32 Å². The van der Waals surface area contributed by atoms with E-state index in [0.29, 0.717) is 27.3 Å². The molecule has 5 aromatic rings. The Hall–Kier alpha value is -3.54. The number of hydrogen-bond acceptors (Lipinski definition) is 3. The van der Waals surface area contributed by atoms with E-state index in [2.05, 4.69) is 15.3 Å². The highest BCUT2D eigenvalue weighted by atomic mass is 35.5. The number of nitrogens with zero attached hydrogens (tertiary/aromatic N) is 1. The van der Waals surface area contributed by atoms with E-state index in [4.69, 9.17) is 27.6 Å². The van der Waals surface area contributed by atoms with Crippen molar-refractivity contribution in [3.8, 4) is 22.7 Å². The van der Waals surface area contributed by atoms with Crippen LogP contribution in [0.2, 0.25) is 10.0 Å². The molecule has 0 radical (unpaired) electrons. The minimum Gasteiger partial charge on any atom is -0.451 e. The normalized spacial score (nSPS) is 11.1. The number of aromatic nitrogens is 2. The number of nitrogens with one attached hydrogen (secondary N) is 2. The quantitative estimate of drug-likeness (QED) is 0.293. The number of halogens is 2. The molecule has 32 heavy (non-hydrogen) atoms. The molecule has 3 aromatic carbocycles. The number of H-pyrrole nitrogens is 1. The first kappa shape index (κ1) is 20.4.